The summed E-state index contributed by atoms with van der Waals surface area (Å²) in [5, 5.41) is 23.9. The average Bonchev–Trinajstić information content (AvgIpc) is 2.98. The van der Waals surface area contributed by atoms with Crippen molar-refractivity contribution in [3.8, 4) is 6.07 Å². The Labute approximate surface area is 351 Å². The van der Waals surface area contributed by atoms with E-state index >= 15 is 0 Å². The average molecular weight is 844 g/mol. The summed E-state index contributed by atoms with van der Waals surface area (Å²) in [6.07, 6.45) is 12.3. The molecule has 314 valence electrons. The highest BCUT2D eigenvalue weighted by Crippen LogP contribution is 2.52. The van der Waals surface area contributed by atoms with Crippen LogP contribution in [0.4, 0.5) is 0 Å². The van der Waals surface area contributed by atoms with E-state index in [1.165, 1.54) is 67.6 Å². The number of carboxylic acid groups (broad SMARTS) is 1. The number of aliphatic hydroxyl groups excluding tert-OH is 1. The van der Waals surface area contributed by atoms with Crippen molar-refractivity contribution in [1.82, 2.24) is 0 Å². The molecule has 5 fully saturated rings. The van der Waals surface area contributed by atoms with Gasteiger partial charge in [-0.1, -0.05) is 103 Å². The Hall–Kier alpha value is -0.0531. The van der Waals surface area contributed by atoms with Gasteiger partial charge in [-0.15, -0.1) is 23.5 Å². The summed E-state index contributed by atoms with van der Waals surface area (Å²) in [6, 6.07) is 1.49. The molecule has 2 heterocycles. The molecule has 0 spiro atoms. The van der Waals surface area contributed by atoms with E-state index in [-0.39, 0.29) is 34.2 Å². The van der Waals surface area contributed by atoms with Gasteiger partial charge in [-0.3, -0.25) is 9.59 Å². The van der Waals surface area contributed by atoms with E-state index in [0.717, 1.165) is 36.3 Å². The maximum absolute atomic E-state index is 11.3. The zero-order chi connectivity index (χ0) is 41.8. The van der Waals surface area contributed by atoms with Crippen molar-refractivity contribution < 1.29 is 19.8 Å². The lowest BCUT2D eigenvalue weighted by Gasteiger charge is -2.43. The molecule has 0 aromatic heterocycles. The summed E-state index contributed by atoms with van der Waals surface area (Å²) >= 11 is 8.62. The third-order valence-electron chi connectivity index (χ3n) is 10.2. The molecule has 0 amide bonds. The van der Waals surface area contributed by atoms with Crippen LogP contribution in [0.25, 0.3) is 0 Å². The number of carboxylic acids is 1. The summed E-state index contributed by atoms with van der Waals surface area (Å²) < 4.78 is 2.65. The summed E-state index contributed by atoms with van der Waals surface area (Å²) in [7, 11) is -0.830. The van der Waals surface area contributed by atoms with Gasteiger partial charge in [0.05, 0.1) is 20.1 Å². The first kappa shape index (κ1) is 52.0. The number of ketones is 1. The van der Waals surface area contributed by atoms with E-state index < -0.39 is 14.0 Å². The molecule has 0 atom stereocenters. The molecule has 5 rings (SSSR count). The van der Waals surface area contributed by atoms with Gasteiger partial charge in [0.25, 0.3) is 0 Å². The lowest BCUT2D eigenvalue weighted by Crippen LogP contribution is -2.36. The molecule has 10 heteroatoms. The van der Waals surface area contributed by atoms with Crippen molar-refractivity contribution in [1.29, 1.82) is 5.26 Å². The summed E-state index contributed by atoms with van der Waals surface area (Å²) in [6.45, 7) is 34.2. The molecule has 5 aliphatic rings. The second-order valence-electron chi connectivity index (χ2n) is 22.3. The van der Waals surface area contributed by atoms with Crippen molar-refractivity contribution in [3.63, 3.8) is 0 Å². The highest BCUT2D eigenvalue weighted by molar-refractivity contribution is 8.22. The molecule has 0 unspecified atom stereocenters. The predicted octanol–water partition coefficient (Wildman–Crippen LogP) is 13.6. The van der Waals surface area contributed by atoms with Crippen LogP contribution in [-0.4, -0.2) is 63.9 Å². The Balaban J connectivity index is 0.000000353. The van der Waals surface area contributed by atoms with Crippen LogP contribution in [0.3, 0.4) is 0 Å². The van der Waals surface area contributed by atoms with Crippen LogP contribution >= 0.6 is 47.0 Å². The largest absolute Gasteiger partial charge is 0.481 e. The fourth-order valence-electron chi connectivity index (χ4n) is 9.98. The first-order valence-corrected chi connectivity index (χ1v) is 28.0. The van der Waals surface area contributed by atoms with Gasteiger partial charge in [0, 0.05) is 21.3 Å². The summed E-state index contributed by atoms with van der Waals surface area (Å²) in [5.74, 6) is 5.16. The molecule has 2 N–H and O–H groups in total. The minimum Gasteiger partial charge on any atom is -0.481 e. The maximum Gasteiger partial charge on any atom is 0.306 e. The Kier molecular flexibility index (Phi) is 21.0. The van der Waals surface area contributed by atoms with Crippen molar-refractivity contribution in [2.75, 3.05) is 29.6 Å². The molecule has 3 aliphatic carbocycles. The van der Waals surface area contributed by atoms with Crippen molar-refractivity contribution in [2.45, 2.75) is 178 Å². The lowest BCUT2D eigenvalue weighted by molar-refractivity contribution is -0.146. The van der Waals surface area contributed by atoms with Gasteiger partial charge in [-0.2, -0.15) is 28.8 Å². The number of aliphatic hydroxyl groups is 1. The number of hydrogen-bond acceptors (Lipinski definition) is 8. The van der Waals surface area contributed by atoms with E-state index in [9.17, 15) is 9.59 Å². The second kappa shape index (κ2) is 21.8. The van der Waals surface area contributed by atoms with Gasteiger partial charge < -0.3 is 10.2 Å². The van der Waals surface area contributed by atoms with Crippen LogP contribution in [0.2, 0.25) is 19.6 Å². The molecule has 3 saturated carbocycles. The fourth-order valence-corrected chi connectivity index (χ4v) is 19.5. The minimum absolute atomic E-state index is 0.140. The lowest BCUT2D eigenvalue weighted by atomic mass is 9.61. The van der Waals surface area contributed by atoms with Gasteiger partial charge in [0.15, 0.2) is 0 Å². The first-order valence-electron chi connectivity index (χ1n) is 20.4. The Morgan fingerprint density at radius 1 is 0.685 bits per heavy atom. The van der Waals surface area contributed by atoms with Crippen LogP contribution in [0, 0.1) is 49.7 Å². The van der Waals surface area contributed by atoms with E-state index in [0.29, 0.717) is 16.6 Å². The van der Waals surface area contributed by atoms with Crippen molar-refractivity contribution in [3.05, 3.63) is 9.81 Å². The SMILES string of the molecule is CC1(C)CC(=C2SCCCS2)CC(C)(C)C1.CC1(C)CC(=O)CC(C)(C)C1.CC1(C)CC(C(=O)O)CC(C)(C)C1.C[Si](C)(C)C1SCCCS1.N#CCO. The smallest absolute Gasteiger partial charge is 0.306 e. The number of rotatable bonds is 2. The molecule has 0 radical (unpaired) electrons. The molecule has 0 aromatic carbocycles. The first-order chi connectivity index (χ1) is 24.4. The monoisotopic (exact) mass is 843 g/mol. The topological polar surface area (TPSA) is 98.4 Å². The molecule has 2 saturated heterocycles. The zero-order valence-electron chi connectivity index (χ0n) is 37.3. The fraction of sp³-hybridized carbons (Fsp3) is 0.886. The molecule has 0 bridgehead atoms. The number of nitrogens with zero attached hydrogens (tertiary/aromatic N) is 1. The van der Waals surface area contributed by atoms with Crippen molar-refractivity contribution in [2.24, 2.45) is 38.4 Å². The normalized spacial score (nSPS) is 25.6. The molecule has 5 nitrogen and oxygen atoms in total. The number of thioether (sulfide) groups is 4. The van der Waals surface area contributed by atoms with Gasteiger partial charge in [-0.05, 0) is 119 Å². The van der Waals surface area contributed by atoms with E-state index in [1.54, 1.807) is 9.81 Å². The standard InChI is InChI=1S/C14H24S2.C11H20O2.C10H18O.C7H16S2Si.C2H3NO/c1-13(2)8-11(9-14(3,4)10-13)12-15-6-5-7-16-12;1-10(2)5-8(9(12)13)6-11(3,4)7-10;1-9(2)5-8(11)6-10(3,4)7-9;1-10(2,3)7-8-5-4-6-9-7;3-1-2-4/h5-10H2,1-4H3;8H,5-7H2,1-4H3,(H,12,13);5-7H2,1-4H3;7H,4-6H2,1-3H3;4H,2H2. The number of carbonyl (C=O) groups excluding carboxylic acids is 1. The molecule has 0 aromatic rings. The van der Waals surface area contributed by atoms with Crippen molar-refractivity contribution >= 4 is 66.9 Å². The van der Waals surface area contributed by atoms with Crippen LogP contribution in [0.15, 0.2) is 9.81 Å². The molecule has 54 heavy (non-hydrogen) atoms. The predicted molar refractivity (Wildman–Crippen MR) is 246 cm³/mol. The van der Waals surface area contributed by atoms with Gasteiger partial charge in [0.2, 0.25) is 0 Å². The number of hydrogen-bond donors (Lipinski definition) is 2. The Morgan fingerprint density at radius 3 is 1.35 bits per heavy atom. The van der Waals surface area contributed by atoms with E-state index in [2.05, 4.69) is 150 Å². The highest BCUT2D eigenvalue weighted by Gasteiger charge is 2.41. The summed E-state index contributed by atoms with van der Waals surface area (Å²) in [5.41, 5.74) is 3.61. The van der Waals surface area contributed by atoms with Crippen LogP contribution in [0.5, 0.6) is 0 Å². The number of Topliss-reactive ketones (excluding diaryl/α,β-unsaturated/α-hetero) is 1. The molecule has 2 aliphatic heterocycles. The maximum atomic E-state index is 11.3. The van der Waals surface area contributed by atoms with Crippen LogP contribution < -0.4 is 0 Å². The minimum atomic E-state index is -0.830. The quantitative estimate of drug-likeness (QED) is 0.208. The van der Waals surface area contributed by atoms with Crippen LogP contribution in [0.1, 0.15) is 154 Å². The Morgan fingerprint density at radius 2 is 1.04 bits per heavy atom. The zero-order valence-corrected chi connectivity index (χ0v) is 41.5. The Bertz CT molecular complexity index is 1210. The summed E-state index contributed by atoms with van der Waals surface area (Å²) in [4.78, 5) is 22.2. The number of carbonyl (C=O) groups is 2. The highest BCUT2D eigenvalue weighted by atomic mass is 32.2. The van der Waals surface area contributed by atoms with Gasteiger partial charge in [0.1, 0.15) is 12.4 Å². The number of allylic oxidation sites excluding steroid dienone is 1. The third kappa shape index (κ3) is 21.6. The van der Waals surface area contributed by atoms with E-state index in [1.807, 2.05) is 0 Å². The van der Waals surface area contributed by atoms with E-state index in [4.69, 9.17) is 15.5 Å². The van der Waals surface area contributed by atoms with Gasteiger partial charge in [-0.25, -0.2) is 0 Å². The van der Waals surface area contributed by atoms with Gasteiger partial charge >= 0.3 is 5.97 Å². The second-order valence-corrected chi connectivity index (χ2v) is 33.6. The third-order valence-corrected chi connectivity index (χ3v) is 22.1. The molecular weight excluding hydrogens is 763 g/mol. The number of aliphatic carboxylic acids is 1. The molecular formula is C44H81NO4S4Si. The number of nitriles is 1. The van der Waals surface area contributed by atoms with Crippen LogP contribution in [-0.2, 0) is 9.59 Å².